The van der Waals surface area contributed by atoms with Crippen molar-refractivity contribution >= 4 is 5.69 Å². The molecule has 1 N–H and O–H groups in total. The monoisotopic (exact) mass is 233 g/mol. The summed E-state index contributed by atoms with van der Waals surface area (Å²) in [6, 6.07) is 7.00. The molecule has 2 nitrogen and oxygen atoms in total. The van der Waals surface area contributed by atoms with Crippen LogP contribution in [0.25, 0.3) is 0 Å². The normalized spacial score (nSPS) is 15.2. The van der Waals surface area contributed by atoms with Crippen molar-refractivity contribution in [2.75, 3.05) is 11.9 Å². The zero-order valence-electron chi connectivity index (χ0n) is 11.0. The van der Waals surface area contributed by atoms with Gasteiger partial charge in [-0.15, -0.1) is 0 Å². The highest BCUT2D eigenvalue weighted by molar-refractivity contribution is 5.52. The third-order valence-corrected chi connectivity index (χ3v) is 3.34. The average molecular weight is 233 g/mol. The van der Waals surface area contributed by atoms with Crippen molar-refractivity contribution in [1.29, 1.82) is 0 Å². The molecule has 0 amide bonds. The Balaban J connectivity index is 1.86. The third kappa shape index (κ3) is 3.39. The molecule has 0 aliphatic carbocycles. The Morgan fingerprint density at radius 2 is 2.24 bits per heavy atom. The lowest BCUT2D eigenvalue weighted by Crippen LogP contribution is -2.14. The zero-order chi connectivity index (χ0) is 12.1. The Morgan fingerprint density at radius 3 is 3.06 bits per heavy atom. The van der Waals surface area contributed by atoms with E-state index >= 15 is 0 Å². The van der Waals surface area contributed by atoms with Crippen molar-refractivity contribution in [3.05, 3.63) is 23.8 Å². The first-order valence-electron chi connectivity index (χ1n) is 6.82. The van der Waals surface area contributed by atoms with E-state index in [1.54, 1.807) is 0 Å². The molecule has 0 bridgehead atoms. The van der Waals surface area contributed by atoms with Gasteiger partial charge in [0, 0.05) is 18.2 Å². The van der Waals surface area contributed by atoms with Gasteiger partial charge in [-0.1, -0.05) is 26.2 Å². The second-order valence-electron chi connectivity index (χ2n) is 4.96. The molecule has 1 aliphatic rings. The molecule has 0 spiro atoms. The van der Waals surface area contributed by atoms with Crippen LogP contribution in [0.3, 0.4) is 0 Å². The summed E-state index contributed by atoms with van der Waals surface area (Å²) >= 11 is 0. The van der Waals surface area contributed by atoms with Crippen LogP contribution >= 0.6 is 0 Å². The number of fused-ring (bicyclic) bond motifs is 1. The van der Waals surface area contributed by atoms with E-state index < -0.39 is 0 Å². The van der Waals surface area contributed by atoms with Crippen LogP contribution in [0.2, 0.25) is 0 Å². The first-order valence-corrected chi connectivity index (χ1v) is 6.82. The van der Waals surface area contributed by atoms with Gasteiger partial charge >= 0.3 is 0 Å². The minimum Gasteiger partial charge on any atom is -0.493 e. The lowest BCUT2D eigenvalue weighted by Gasteiger charge is -2.15. The van der Waals surface area contributed by atoms with E-state index in [4.69, 9.17) is 4.74 Å². The molecular weight excluding hydrogens is 210 g/mol. The van der Waals surface area contributed by atoms with E-state index in [-0.39, 0.29) is 0 Å². The van der Waals surface area contributed by atoms with Gasteiger partial charge < -0.3 is 10.1 Å². The number of hydrogen-bond acceptors (Lipinski definition) is 2. The van der Waals surface area contributed by atoms with E-state index in [2.05, 4.69) is 37.4 Å². The smallest absolute Gasteiger partial charge is 0.122 e. The van der Waals surface area contributed by atoms with Crippen LogP contribution in [0.4, 0.5) is 5.69 Å². The summed E-state index contributed by atoms with van der Waals surface area (Å²) in [4.78, 5) is 0. The van der Waals surface area contributed by atoms with Crippen LogP contribution < -0.4 is 10.1 Å². The van der Waals surface area contributed by atoms with Gasteiger partial charge in [0.25, 0.3) is 0 Å². The average Bonchev–Trinajstić information content (AvgIpc) is 2.76. The summed E-state index contributed by atoms with van der Waals surface area (Å²) < 4.78 is 5.51. The molecule has 0 aromatic heterocycles. The van der Waals surface area contributed by atoms with E-state index in [0.717, 1.165) is 18.8 Å². The Kier molecular flexibility index (Phi) is 4.29. The summed E-state index contributed by atoms with van der Waals surface area (Å²) in [5.41, 5.74) is 2.58. The van der Waals surface area contributed by atoms with Gasteiger partial charge in [0.05, 0.1) is 6.61 Å². The van der Waals surface area contributed by atoms with E-state index in [0.29, 0.717) is 6.04 Å². The van der Waals surface area contributed by atoms with Crippen LogP contribution in [-0.4, -0.2) is 12.6 Å². The van der Waals surface area contributed by atoms with Gasteiger partial charge in [-0.25, -0.2) is 0 Å². The second kappa shape index (κ2) is 5.95. The first-order chi connectivity index (χ1) is 8.29. The SMILES string of the molecule is CCCCCC(C)Nc1ccc2c(c1)CCO2. The molecule has 2 heteroatoms. The number of unbranched alkanes of at least 4 members (excludes halogenated alkanes) is 2. The Labute approximate surface area is 104 Å². The van der Waals surface area contributed by atoms with Crippen molar-refractivity contribution in [2.45, 2.75) is 52.0 Å². The number of ether oxygens (including phenoxy) is 1. The summed E-state index contributed by atoms with van der Waals surface area (Å²) in [6.45, 7) is 5.35. The summed E-state index contributed by atoms with van der Waals surface area (Å²) in [5, 5.41) is 3.57. The van der Waals surface area contributed by atoms with Crippen molar-refractivity contribution in [2.24, 2.45) is 0 Å². The van der Waals surface area contributed by atoms with Gasteiger partial charge in [-0.2, -0.15) is 0 Å². The van der Waals surface area contributed by atoms with Crippen LogP contribution in [0.15, 0.2) is 18.2 Å². The fourth-order valence-electron chi connectivity index (χ4n) is 2.33. The predicted octanol–water partition coefficient (Wildman–Crippen LogP) is 4.00. The maximum Gasteiger partial charge on any atom is 0.122 e. The minimum absolute atomic E-state index is 0.557. The highest BCUT2D eigenvalue weighted by Crippen LogP contribution is 2.28. The van der Waals surface area contributed by atoms with Crippen LogP contribution in [0.1, 0.15) is 45.1 Å². The van der Waals surface area contributed by atoms with Crippen LogP contribution in [0, 0.1) is 0 Å². The van der Waals surface area contributed by atoms with Crippen LogP contribution in [0.5, 0.6) is 5.75 Å². The number of anilines is 1. The van der Waals surface area contributed by atoms with E-state index in [9.17, 15) is 0 Å². The molecule has 0 saturated carbocycles. The first kappa shape index (κ1) is 12.3. The van der Waals surface area contributed by atoms with Crippen molar-refractivity contribution < 1.29 is 4.74 Å². The molecule has 2 rings (SSSR count). The molecule has 1 atom stereocenters. The highest BCUT2D eigenvalue weighted by Gasteiger charge is 2.12. The molecule has 1 unspecified atom stereocenters. The predicted molar refractivity (Wildman–Crippen MR) is 72.9 cm³/mol. The third-order valence-electron chi connectivity index (χ3n) is 3.34. The maximum atomic E-state index is 5.51. The van der Waals surface area contributed by atoms with Gasteiger partial charge in [-0.05, 0) is 37.1 Å². The van der Waals surface area contributed by atoms with Crippen LogP contribution in [-0.2, 0) is 6.42 Å². The zero-order valence-corrected chi connectivity index (χ0v) is 11.0. The number of nitrogens with one attached hydrogen (secondary N) is 1. The number of benzene rings is 1. The maximum absolute atomic E-state index is 5.51. The lowest BCUT2D eigenvalue weighted by molar-refractivity contribution is 0.357. The molecule has 0 fully saturated rings. The lowest BCUT2D eigenvalue weighted by atomic mass is 10.1. The quantitative estimate of drug-likeness (QED) is 0.750. The van der Waals surface area contributed by atoms with Gasteiger partial charge in [-0.3, -0.25) is 0 Å². The summed E-state index contributed by atoms with van der Waals surface area (Å²) in [7, 11) is 0. The Bertz CT molecular complexity index is 362. The van der Waals surface area contributed by atoms with Gasteiger partial charge in [0.1, 0.15) is 5.75 Å². The molecule has 0 radical (unpaired) electrons. The molecule has 1 aromatic carbocycles. The molecule has 0 saturated heterocycles. The highest BCUT2D eigenvalue weighted by atomic mass is 16.5. The largest absolute Gasteiger partial charge is 0.493 e. The van der Waals surface area contributed by atoms with Crippen molar-refractivity contribution in [3.8, 4) is 5.75 Å². The number of hydrogen-bond donors (Lipinski definition) is 1. The molecule has 1 aromatic rings. The molecular formula is C15H23NO. The van der Waals surface area contributed by atoms with E-state index in [1.165, 1.54) is 36.9 Å². The Hall–Kier alpha value is -1.18. The Morgan fingerprint density at radius 1 is 1.35 bits per heavy atom. The standard InChI is InChI=1S/C15H23NO/c1-3-4-5-6-12(2)16-14-7-8-15-13(11-14)9-10-17-15/h7-8,11-12,16H,3-6,9-10H2,1-2H3. The summed E-state index contributed by atoms with van der Waals surface area (Å²) in [6.07, 6.45) is 6.25. The van der Waals surface area contributed by atoms with Gasteiger partial charge in [0.2, 0.25) is 0 Å². The molecule has 1 heterocycles. The van der Waals surface area contributed by atoms with Crippen molar-refractivity contribution in [3.63, 3.8) is 0 Å². The fraction of sp³-hybridized carbons (Fsp3) is 0.600. The molecule has 94 valence electrons. The molecule has 17 heavy (non-hydrogen) atoms. The minimum atomic E-state index is 0.557. The number of rotatable bonds is 6. The van der Waals surface area contributed by atoms with E-state index in [1.807, 2.05) is 0 Å². The summed E-state index contributed by atoms with van der Waals surface area (Å²) in [5.74, 6) is 1.06. The second-order valence-corrected chi connectivity index (χ2v) is 4.96. The van der Waals surface area contributed by atoms with Crippen molar-refractivity contribution in [1.82, 2.24) is 0 Å². The fourth-order valence-corrected chi connectivity index (χ4v) is 2.33. The van der Waals surface area contributed by atoms with Gasteiger partial charge in [0.15, 0.2) is 0 Å². The topological polar surface area (TPSA) is 21.3 Å². The molecule has 1 aliphatic heterocycles.